The van der Waals surface area contributed by atoms with Crippen molar-refractivity contribution in [2.24, 2.45) is 11.3 Å². The van der Waals surface area contributed by atoms with Crippen LogP contribution in [0.3, 0.4) is 0 Å². The molecule has 2 aliphatic rings. The molecule has 0 bridgehead atoms. The summed E-state index contributed by atoms with van der Waals surface area (Å²) in [5.41, 5.74) is 13.0. The van der Waals surface area contributed by atoms with Crippen LogP contribution in [-0.4, -0.2) is 51.7 Å². The molecule has 218 valence electrons. The van der Waals surface area contributed by atoms with Crippen molar-refractivity contribution < 1.29 is 8.42 Å². The molecule has 43 heavy (non-hydrogen) atoms. The maximum Gasteiger partial charge on any atom is 0.171 e. The predicted octanol–water partition coefficient (Wildman–Crippen LogP) is 5.89. The molecule has 1 saturated heterocycles. The zero-order valence-corrected chi connectivity index (χ0v) is 24.7. The molecule has 1 saturated carbocycles. The molecule has 7 rings (SSSR count). The zero-order valence-electron chi connectivity index (χ0n) is 23.9. The number of aromatic nitrogens is 4. The number of anilines is 1. The number of hydrogen-bond donors (Lipinski definition) is 1. The van der Waals surface area contributed by atoms with Gasteiger partial charge < -0.3 is 5.73 Å². The van der Waals surface area contributed by atoms with Gasteiger partial charge >= 0.3 is 0 Å². The normalized spacial score (nSPS) is 18.2. The van der Waals surface area contributed by atoms with Crippen molar-refractivity contribution in [3.8, 4) is 28.3 Å². The van der Waals surface area contributed by atoms with Crippen LogP contribution < -0.4 is 5.73 Å². The van der Waals surface area contributed by atoms with Gasteiger partial charge in [-0.3, -0.25) is 9.47 Å². The van der Waals surface area contributed by atoms with Crippen molar-refractivity contribution in [1.82, 2.24) is 24.4 Å². The number of nitrogens with two attached hydrogens (primary N) is 1. The molecule has 0 amide bonds. The van der Waals surface area contributed by atoms with Gasteiger partial charge in [-0.05, 0) is 72.6 Å². The number of hydrogen-bond acceptors (Lipinski definition) is 7. The molecule has 1 aliphatic carbocycles. The van der Waals surface area contributed by atoms with Gasteiger partial charge in [0.05, 0.1) is 17.0 Å². The van der Waals surface area contributed by atoms with E-state index < -0.39 is 9.84 Å². The van der Waals surface area contributed by atoms with Gasteiger partial charge in [0.2, 0.25) is 0 Å². The largest absolute Gasteiger partial charge is 0.383 e. The Bertz CT molecular complexity index is 1910. The Morgan fingerprint density at radius 3 is 2.51 bits per heavy atom. The van der Waals surface area contributed by atoms with Crippen molar-refractivity contribution in [3.05, 3.63) is 103 Å². The van der Waals surface area contributed by atoms with Crippen LogP contribution in [0.2, 0.25) is 0 Å². The summed E-state index contributed by atoms with van der Waals surface area (Å²) < 4.78 is 26.1. The third-order valence-corrected chi connectivity index (χ3v) is 10.3. The van der Waals surface area contributed by atoms with Crippen LogP contribution >= 0.6 is 0 Å². The van der Waals surface area contributed by atoms with Crippen LogP contribution in [0.25, 0.3) is 39.5 Å². The number of rotatable bonds is 8. The second kappa shape index (κ2) is 10.7. The summed E-state index contributed by atoms with van der Waals surface area (Å²) in [6.45, 7) is 6.36. The Morgan fingerprint density at radius 2 is 1.77 bits per heavy atom. The fraction of sp³-hybridized carbons (Fsp3) is 0.265. The number of likely N-dealkylation sites (tertiary alicyclic amines) is 1. The number of fused-ring (bicyclic) bond motifs is 1. The number of nitrogens with zero attached hydrogens (tertiary/aromatic N) is 5. The molecule has 8 nitrogen and oxygen atoms in total. The fourth-order valence-corrected chi connectivity index (χ4v) is 8.01. The van der Waals surface area contributed by atoms with E-state index in [1.165, 1.54) is 5.56 Å². The second-order valence-corrected chi connectivity index (χ2v) is 14.0. The van der Waals surface area contributed by atoms with Crippen LogP contribution in [0.15, 0.2) is 97.0 Å². The first-order valence-electron chi connectivity index (χ1n) is 14.6. The van der Waals surface area contributed by atoms with E-state index in [-0.39, 0.29) is 17.1 Å². The third kappa shape index (κ3) is 5.34. The van der Waals surface area contributed by atoms with Gasteiger partial charge in [-0.1, -0.05) is 49.0 Å². The lowest BCUT2D eigenvalue weighted by molar-refractivity contribution is -0.00276. The molecule has 3 aromatic heterocycles. The van der Waals surface area contributed by atoms with Crippen LogP contribution in [0.1, 0.15) is 24.8 Å². The number of nitrogen functional groups attached to an aromatic ring is 1. The Hall–Kier alpha value is -4.34. The molecule has 2 N–H and O–H groups in total. The Morgan fingerprint density at radius 1 is 0.977 bits per heavy atom. The Balaban J connectivity index is 1.14. The zero-order chi connectivity index (χ0) is 29.6. The summed E-state index contributed by atoms with van der Waals surface area (Å²) in [6.07, 6.45) is 4.76. The monoisotopic (exact) mass is 590 g/mol. The van der Waals surface area contributed by atoms with E-state index >= 15 is 0 Å². The number of pyridine rings is 2. The van der Waals surface area contributed by atoms with E-state index in [1.807, 2.05) is 42.5 Å². The summed E-state index contributed by atoms with van der Waals surface area (Å²) in [4.78, 5) is 16.8. The van der Waals surface area contributed by atoms with Crippen molar-refractivity contribution in [2.75, 3.05) is 24.6 Å². The topological polar surface area (TPSA) is 107 Å². The minimum Gasteiger partial charge on any atom is -0.383 e. The van der Waals surface area contributed by atoms with Crippen molar-refractivity contribution >= 4 is 26.8 Å². The molecule has 1 aliphatic heterocycles. The summed E-state index contributed by atoms with van der Waals surface area (Å²) >= 11 is 0. The Kier molecular flexibility index (Phi) is 6.86. The van der Waals surface area contributed by atoms with Crippen LogP contribution in [-0.2, 0) is 16.4 Å². The lowest BCUT2D eigenvalue weighted by Gasteiger charge is -2.48. The molecule has 9 heteroatoms. The number of sulfone groups is 1. The van der Waals surface area contributed by atoms with Crippen molar-refractivity contribution in [2.45, 2.75) is 25.8 Å². The van der Waals surface area contributed by atoms with E-state index in [1.54, 1.807) is 6.20 Å². The van der Waals surface area contributed by atoms with Crippen LogP contribution in [0.5, 0.6) is 0 Å². The van der Waals surface area contributed by atoms with Gasteiger partial charge in [0, 0.05) is 42.5 Å². The minimum atomic E-state index is -3.15. The molecule has 5 aromatic rings. The highest BCUT2D eigenvalue weighted by Crippen LogP contribution is 2.49. The standard InChI is InChI=1S/C34H34N6O2S/c1-2-43(41,42)21-25-16-17-34(19-25)22-39(23-34)20-24-10-12-27(13-11-24)40-32(28-9-6-18-36-31(28)35)38-30-15-14-29(37-33(30)40)26-7-4-3-5-8-26/h2-15,18,25H,1,16-17,19-23H2,(H2,35,36). The van der Waals surface area contributed by atoms with E-state index in [0.29, 0.717) is 11.6 Å². The third-order valence-electron chi connectivity index (χ3n) is 8.90. The van der Waals surface area contributed by atoms with Crippen LogP contribution in [0, 0.1) is 11.3 Å². The first-order chi connectivity index (χ1) is 20.8. The fourth-order valence-electron chi connectivity index (χ4n) is 6.93. The first kappa shape index (κ1) is 27.5. The van der Waals surface area contributed by atoms with Gasteiger partial charge in [-0.15, -0.1) is 0 Å². The highest BCUT2D eigenvalue weighted by Gasteiger charge is 2.48. The highest BCUT2D eigenvalue weighted by molar-refractivity contribution is 7.94. The first-order valence-corrected chi connectivity index (χ1v) is 16.4. The average molecular weight is 591 g/mol. The molecule has 0 radical (unpaired) electrons. The number of imidazole rings is 1. The second-order valence-electron chi connectivity index (χ2n) is 12.0. The SMILES string of the molecule is C=CS(=O)(=O)CC1CCC2(C1)CN(Cc1ccc(-n3c(-c4cccnc4N)nc4ccc(-c5ccccc5)nc43)cc1)C2. The lowest BCUT2D eigenvalue weighted by Crippen LogP contribution is -2.54. The number of benzene rings is 2. The maximum absolute atomic E-state index is 12.0. The molecule has 4 heterocycles. The van der Waals surface area contributed by atoms with Crippen LogP contribution in [0.4, 0.5) is 5.82 Å². The molecule has 1 spiro atoms. The van der Waals surface area contributed by atoms with Gasteiger partial charge in [0.1, 0.15) is 11.3 Å². The van der Waals surface area contributed by atoms with Gasteiger partial charge in [0.15, 0.2) is 21.3 Å². The van der Waals surface area contributed by atoms with E-state index in [2.05, 4.69) is 57.4 Å². The summed E-state index contributed by atoms with van der Waals surface area (Å²) in [7, 11) is -3.15. The quantitative estimate of drug-likeness (QED) is 0.240. The minimum absolute atomic E-state index is 0.233. The Labute approximate surface area is 251 Å². The van der Waals surface area contributed by atoms with Crippen molar-refractivity contribution in [3.63, 3.8) is 0 Å². The predicted molar refractivity (Wildman–Crippen MR) is 171 cm³/mol. The summed E-state index contributed by atoms with van der Waals surface area (Å²) in [6, 6.07) is 26.5. The maximum atomic E-state index is 12.0. The average Bonchev–Trinajstić information content (AvgIpc) is 3.59. The van der Waals surface area contributed by atoms with E-state index in [0.717, 1.165) is 78.0 Å². The molecule has 2 aromatic carbocycles. The van der Waals surface area contributed by atoms with Gasteiger partial charge in [-0.2, -0.15) is 0 Å². The lowest BCUT2D eigenvalue weighted by atomic mass is 9.77. The van der Waals surface area contributed by atoms with Gasteiger partial charge in [0.25, 0.3) is 0 Å². The molecular weight excluding hydrogens is 556 g/mol. The molecule has 1 unspecified atom stereocenters. The molecule has 2 fully saturated rings. The van der Waals surface area contributed by atoms with E-state index in [4.69, 9.17) is 15.7 Å². The summed E-state index contributed by atoms with van der Waals surface area (Å²) in [5, 5.41) is 1.11. The summed E-state index contributed by atoms with van der Waals surface area (Å²) in [5.74, 6) is 1.59. The molecular formula is C34H34N6O2S. The highest BCUT2D eigenvalue weighted by atomic mass is 32.2. The van der Waals surface area contributed by atoms with Crippen molar-refractivity contribution in [1.29, 1.82) is 0 Å². The van der Waals surface area contributed by atoms with E-state index in [9.17, 15) is 8.42 Å². The smallest absolute Gasteiger partial charge is 0.171 e. The molecule has 1 atom stereocenters. The van der Waals surface area contributed by atoms with Gasteiger partial charge in [-0.25, -0.2) is 23.4 Å².